The van der Waals surface area contributed by atoms with Gasteiger partial charge in [-0.2, -0.15) is 5.26 Å². The van der Waals surface area contributed by atoms with E-state index >= 15 is 0 Å². The fourth-order valence-electron chi connectivity index (χ4n) is 7.38. The van der Waals surface area contributed by atoms with Crippen LogP contribution in [-0.4, -0.2) is 86.4 Å². The largest absolute Gasteiger partial charge is 0.492 e. The van der Waals surface area contributed by atoms with Crippen molar-refractivity contribution in [3.8, 4) is 28.7 Å². The Balaban J connectivity index is 1.75. The van der Waals surface area contributed by atoms with E-state index in [4.69, 9.17) is 31.9 Å². The molecular weight excluding hydrogens is 819 g/mol. The van der Waals surface area contributed by atoms with Gasteiger partial charge in [0, 0.05) is 42.6 Å². The third kappa shape index (κ3) is 14.8. The van der Waals surface area contributed by atoms with Crippen molar-refractivity contribution in [2.45, 2.75) is 109 Å². The number of nitrogens with two attached hydrogens (primary N) is 3. The highest BCUT2D eigenvalue weighted by molar-refractivity contribution is 6.00. The number of benzene rings is 3. The first-order valence-corrected chi connectivity index (χ1v) is 22.0. The van der Waals surface area contributed by atoms with Crippen molar-refractivity contribution >= 4 is 35.4 Å². The molecule has 0 saturated carbocycles. The van der Waals surface area contributed by atoms with Gasteiger partial charge in [-0.3, -0.25) is 28.8 Å². The summed E-state index contributed by atoms with van der Waals surface area (Å²) < 4.78 is 12.1. The first-order valence-electron chi connectivity index (χ1n) is 22.0. The van der Waals surface area contributed by atoms with Gasteiger partial charge in [0.05, 0.1) is 6.07 Å². The number of rotatable bonds is 22. The Kier molecular flexibility index (Phi) is 20.0. The quantitative estimate of drug-likeness (QED) is 0.0537. The zero-order valence-corrected chi connectivity index (χ0v) is 37.1. The maximum Gasteiger partial charge on any atom is 0.252 e. The van der Waals surface area contributed by atoms with Crippen LogP contribution in [0.25, 0.3) is 11.1 Å². The number of nitrogens with one attached hydrogen (secondary N) is 5. The molecule has 1 aliphatic heterocycles. The number of hydrogen-bond donors (Lipinski definition) is 8. The topological polar surface area (TPSA) is 283 Å². The fraction of sp³-hybridized carbons (Fsp3) is 0.468. The summed E-state index contributed by atoms with van der Waals surface area (Å²) in [4.78, 5) is 81.5. The number of carbonyl (C=O) groups is 6. The van der Waals surface area contributed by atoms with E-state index in [-0.39, 0.29) is 57.7 Å². The van der Waals surface area contributed by atoms with E-state index in [1.807, 2.05) is 25.1 Å². The molecule has 344 valence electrons. The molecule has 17 heteroatoms. The normalized spacial score (nSPS) is 16.5. The second kappa shape index (κ2) is 25.6. The molecule has 0 fully saturated rings. The Hall–Kier alpha value is -6.51. The molecule has 4 bridgehead atoms. The van der Waals surface area contributed by atoms with Crippen molar-refractivity contribution in [1.82, 2.24) is 26.6 Å². The van der Waals surface area contributed by atoms with Gasteiger partial charge in [0.2, 0.25) is 29.5 Å². The van der Waals surface area contributed by atoms with Crippen LogP contribution in [-0.2, 0) is 36.8 Å². The highest BCUT2D eigenvalue weighted by atomic mass is 16.5. The molecule has 0 saturated heterocycles. The van der Waals surface area contributed by atoms with Gasteiger partial charge in [-0.15, -0.1) is 0 Å². The minimum absolute atomic E-state index is 0.00747. The van der Waals surface area contributed by atoms with Crippen LogP contribution in [0.5, 0.6) is 11.5 Å². The Labute approximate surface area is 374 Å². The molecule has 3 aromatic carbocycles. The number of amides is 6. The third-order valence-electron chi connectivity index (χ3n) is 10.8. The molecule has 11 N–H and O–H groups in total. The van der Waals surface area contributed by atoms with Gasteiger partial charge in [-0.05, 0) is 85.7 Å². The van der Waals surface area contributed by atoms with E-state index < -0.39 is 59.6 Å². The minimum atomic E-state index is -1.49. The van der Waals surface area contributed by atoms with Crippen molar-refractivity contribution in [2.24, 2.45) is 17.2 Å². The Bertz CT molecular complexity index is 2160. The Morgan fingerprint density at radius 1 is 0.875 bits per heavy atom. The number of nitrogens with zero attached hydrogens (tertiary/aromatic N) is 1. The standard InChI is InChI=1S/C47H63N9O8/c1-4-5-6-7-8-9-10-31-11-14-34(29(2)25-31)44(59)54-37(15-18-41(51)57)46(61)56-42-33-13-17-40(64-24-21-50)36(28-33)35-26-32(12-16-39(35)63-23-20-49)27-38(45(60)52-22-19-48)55-43(58)30(3)53-47(42)62/h11-14,16-17,25-26,28,30,37-38,42H,4-10,15,18,20-24,27,49-50H2,1-3H3,(H2,51,57)(H,52,60)(H,53,62)(H,54,59)(H,55,58)(H,56,61)/t30-,37?,38-,42-/m0/s1. The molecule has 1 aliphatic rings. The summed E-state index contributed by atoms with van der Waals surface area (Å²) in [6, 6.07) is 12.2. The van der Waals surface area contributed by atoms with Crippen molar-refractivity contribution in [1.29, 1.82) is 5.26 Å². The van der Waals surface area contributed by atoms with E-state index in [1.165, 1.54) is 32.6 Å². The molecule has 0 radical (unpaired) electrons. The van der Waals surface area contributed by atoms with Crippen LogP contribution >= 0.6 is 0 Å². The first kappa shape index (κ1) is 50.1. The molecule has 4 rings (SSSR count). The predicted molar refractivity (Wildman–Crippen MR) is 242 cm³/mol. The zero-order chi connectivity index (χ0) is 46.6. The second-order valence-electron chi connectivity index (χ2n) is 15.9. The van der Waals surface area contributed by atoms with Gasteiger partial charge in [-0.25, -0.2) is 0 Å². The maximum absolute atomic E-state index is 14.4. The van der Waals surface area contributed by atoms with Gasteiger partial charge in [0.25, 0.3) is 5.91 Å². The lowest BCUT2D eigenvalue weighted by atomic mass is 9.93. The van der Waals surface area contributed by atoms with Crippen LogP contribution in [0, 0.1) is 18.3 Å². The Morgan fingerprint density at radius 2 is 1.55 bits per heavy atom. The highest BCUT2D eigenvalue weighted by Crippen LogP contribution is 2.39. The molecule has 0 aliphatic carbocycles. The predicted octanol–water partition coefficient (Wildman–Crippen LogP) is 2.65. The lowest BCUT2D eigenvalue weighted by Gasteiger charge is -2.27. The van der Waals surface area contributed by atoms with Crippen molar-refractivity contribution in [2.75, 3.05) is 32.8 Å². The lowest BCUT2D eigenvalue weighted by Crippen LogP contribution is -2.55. The van der Waals surface area contributed by atoms with E-state index in [0.717, 1.165) is 24.8 Å². The average Bonchev–Trinajstić information content (AvgIpc) is 3.27. The van der Waals surface area contributed by atoms with Crippen molar-refractivity contribution in [3.63, 3.8) is 0 Å². The van der Waals surface area contributed by atoms with E-state index in [0.29, 0.717) is 39.3 Å². The smallest absolute Gasteiger partial charge is 0.252 e. The first-order chi connectivity index (χ1) is 30.8. The summed E-state index contributed by atoms with van der Waals surface area (Å²) in [5.41, 5.74) is 21.0. The van der Waals surface area contributed by atoms with Gasteiger partial charge < -0.3 is 53.3 Å². The molecule has 3 aromatic rings. The number of primary amides is 1. The van der Waals surface area contributed by atoms with Crippen molar-refractivity contribution in [3.05, 3.63) is 82.4 Å². The summed E-state index contributed by atoms with van der Waals surface area (Å²) in [5, 5.41) is 22.5. The fourth-order valence-corrected chi connectivity index (χ4v) is 7.38. The van der Waals surface area contributed by atoms with Crippen LogP contribution in [0.15, 0.2) is 54.6 Å². The number of fused-ring (bicyclic) bond motifs is 5. The monoisotopic (exact) mass is 881 g/mol. The van der Waals surface area contributed by atoms with Gasteiger partial charge in [-0.1, -0.05) is 63.3 Å². The van der Waals surface area contributed by atoms with Crippen LogP contribution in [0.1, 0.15) is 104 Å². The molecule has 0 aromatic heterocycles. The average molecular weight is 882 g/mol. The maximum atomic E-state index is 14.4. The van der Waals surface area contributed by atoms with Gasteiger partial charge in [0.1, 0.15) is 55.4 Å². The summed E-state index contributed by atoms with van der Waals surface area (Å²) in [5.74, 6) is -3.50. The van der Waals surface area contributed by atoms with E-state index in [2.05, 4.69) is 33.5 Å². The number of ether oxygens (including phenoxy) is 2. The molecule has 1 unspecified atom stereocenters. The third-order valence-corrected chi connectivity index (χ3v) is 10.8. The van der Waals surface area contributed by atoms with Crippen LogP contribution in [0.4, 0.5) is 0 Å². The van der Waals surface area contributed by atoms with E-state index in [9.17, 15) is 28.8 Å². The summed E-state index contributed by atoms with van der Waals surface area (Å²) in [6.07, 6.45) is 7.38. The number of hydrogen-bond acceptors (Lipinski definition) is 11. The molecule has 6 amide bonds. The van der Waals surface area contributed by atoms with E-state index in [1.54, 1.807) is 42.5 Å². The number of nitriles is 1. The molecule has 1 heterocycles. The highest BCUT2D eigenvalue weighted by Gasteiger charge is 2.33. The molecule has 0 spiro atoms. The second-order valence-corrected chi connectivity index (χ2v) is 15.9. The molecular formula is C47H63N9O8. The number of carbonyl (C=O) groups excluding carboxylic acids is 6. The molecule has 4 atom stereocenters. The summed E-state index contributed by atoms with van der Waals surface area (Å²) >= 11 is 0. The van der Waals surface area contributed by atoms with Crippen LogP contribution < -0.4 is 53.3 Å². The van der Waals surface area contributed by atoms with Gasteiger partial charge in [0.15, 0.2) is 0 Å². The van der Waals surface area contributed by atoms with Crippen molar-refractivity contribution < 1.29 is 38.2 Å². The SMILES string of the molecule is CCCCCCCCc1ccc(C(=O)NC(CCC(N)=O)C(=O)N[C@@H]2C(=O)N[C@@H](C)C(=O)N[C@H](C(=O)NCC#N)Cc3ccc(OCCN)c(c3)-c3cc2ccc3OCCN)c(C)c1. The molecule has 64 heavy (non-hydrogen) atoms. The van der Waals surface area contributed by atoms with Crippen LogP contribution in [0.3, 0.4) is 0 Å². The minimum Gasteiger partial charge on any atom is -0.492 e. The number of unbranched alkanes of at least 4 members (excludes halogenated alkanes) is 5. The summed E-state index contributed by atoms with van der Waals surface area (Å²) in [6.45, 7) is 5.74. The lowest BCUT2D eigenvalue weighted by molar-refractivity contribution is -0.133. The van der Waals surface area contributed by atoms with Crippen LogP contribution in [0.2, 0.25) is 0 Å². The number of aryl methyl sites for hydroxylation is 2. The Morgan fingerprint density at radius 3 is 2.20 bits per heavy atom. The van der Waals surface area contributed by atoms with Gasteiger partial charge >= 0.3 is 0 Å². The molecule has 17 nitrogen and oxygen atoms in total. The summed E-state index contributed by atoms with van der Waals surface area (Å²) in [7, 11) is 0. The zero-order valence-electron chi connectivity index (χ0n) is 37.1.